The number of halogens is 2. The lowest BCUT2D eigenvalue weighted by atomic mass is 10.3. The van der Waals surface area contributed by atoms with E-state index in [4.69, 9.17) is 0 Å². The number of nitrogens with zero attached hydrogens (tertiary/aromatic N) is 5. The predicted molar refractivity (Wildman–Crippen MR) is 81.9 cm³/mol. The molecule has 0 spiro atoms. The molecule has 0 aromatic carbocycles. The number of carbonyl (C=O) groups is 1. The first kappa shape index (κ1) is 15.2. The van der Waals surface area contributed by atoms with Crippen molar-refractivity contribution in [2.75, 3.05) is 7.05 Å². The second-order valence-corrected chi connectivity index (χ2v) is 6.25. The van der Waals surface area contributed by atoms with Crippen LogP contribution in [-0.4, -0.2) is 37.4 Å². The minimum Gasteiger partial charge on any atom is -0.340 e. The number of carbonyl (C=O) groups excluding carboxylic acids is 1. The molecule has 0 radical (unpaired) electrons. The minimum atomic E-state index is 0.0738. The van der Waals surface area contributed by atoms with E-state index in [2.05, 4.69) is 42.1 Å². The van der Waals surface area contributed by atoms with Gasteiger partial charge in [0.2, 0.25) is 5.91 Å². The van der Waals surface area contributed by atoms with E-state index in [0.29, 0.717) is 19.5 Å². The van der Waals surface area contributed by atoms with Crippen LogP contribution in [0.4, 0.5) is 0 Å². The number of hydrogen-bond acceptors (Lipinski definition) is 3. The van der Waals surface area contributed by atoms with Gasteiger partial charge in [0.25, 0.3) is 0 Å². The molecule has 108 valence electrons. The third kappa shape index (κ3) is 3.69. The van der Waals surface area contributed by atoms with Crippen LogP contribution < -0.4 is 0 Å². The quantitative estimate of drug-likeness (QED) is 0.767. The second kappa shape index (κ2) is 6.53. The summed E-state index contributed by atoms with van der Waals surface area (Å²) in [6.45, 7) is 1.10. The molecule has 2 aromatic rings. The molecule has 0 atom stereocenters. The molecule has 0 aliphatic carbocycles. The van der Waals surface area contributed by atoms with E-state index >= 15 is 0 Å². The van der Waals surface area contributed by atoms with Gasteiger partial charge in [-0.15, -0.1) is 0 Å². The number of aryl methyl sites for hydroxylation is 2. The van der Waals surface area contributed by atoms with Gasteiger partial charge < -0.3 is 4.90 Å². The second-order valence-electron chi connectivity index (χ2n) is 4.48. The highest BCUT2D eigenvalue weighted by atomic mass is 79.9. The summed E-state index contributed by atoms with van der Waals surface area (Å²) < 4.78 is 5.33. The number of rotatable bonds is 5. The highest BCUT2D eigenvalue weighted by Crippen LogP contribution is 2.17. The van der Waals surface area contributed by atoms with Crippen LogP contribution in [0.15, 0.2) is 27.5 Å². The number of amides is 1. The predicted octanol–water partition coefficient (Wildman–Crippen LogP) is 2.19. The normalized spacial score (nSPS) is 10.8. The van der Waals surface area contributed by atoms with Gasteiger partial charge in [-0.25, -0.2) is 0 Å². The van der Waals surface area contributed by atoms with Crippen molar-refractivity contribution < 1.29 is 4.79 Å². The lowest BCUT2D eigenvalue weighted by Gasteiger charge is -2.17. The summed E-state index contributed by atoms with van der Waals surface area (Å²) >= 11 is 6.76. The summed E-state index contributed by atoms with van der Waals surface area (Å²) in [5.74, 6) is 0.0738. The molecule has 0 aliphatic rings. The maximum absolute atomic E-state index is 12.1. The van der Waals surface area contributed by atoms with Crippen molar-refractivity contribution in [2.45, 2.75) is 19.5 Å². The highest BCUT2D eigenvalue weighted by molar-refractivity contribution is 9.10. The van der Waals surface area contributed by atoms with Crippen LogP contribution in [0.3, 0.4) is 0 Å². The highest BCUT2D eigenvalue weighted by Gasteiger charge is 2.14. The summed E-state index contributed by atoms with van der Waals surface area (Å²) in [5, 5.41) is 8.27. The Morgan fingerprint density at radius 1 is 1.35 bits per heavy atom. The zero-order valence-electron chi connectivity index (χ0n) is 11.3. The van der Waals surface area contributed by atoms with Gasteiger partial charge in [-0.2, -0.15) is 10.2 Å². The fourth-order valence-corrected chi connectivity index (χ4v) is 2.59. The molecule has 2 rings (SSSR count). The fourth-order valence-electron chi connectivity index (χ4n) is 1.79. The Bertz CT molecular complexity index is 587. The Labute approximate surface area is 134 Å². The van der Waals surface area contributed by atoms with E-state index in [0.717, 1.165) is 14.6 Å². The van der Waals surface area contributed by atoms with Crippen molar-refractivity contribution in [1.29, 1.82) is 0 Å². The average Bonchev–Trinajstić information content (AvgIpc) is 2.96. The molecule has 0 unspecified atom stereocenters. The average molecular weight is 405 g/mol. The van der Waals surface area contributed by atoms with Gasteiger partial charge in [0.15, 0.2) is 0 Å². The van der Waals surface area contributed by atoms with Gasteiger partial charge in [0.1, 0.15) is 0 Å². The van der Waals surface area contributed by atoms with Crippen LogP contribution in [0.25, 0.3) is 0 Å². The first-order chi connectivity index (χ1) is 9.47. The summed E-state index contributed by atoms with van der Waals surface area (Å²) in [7, 11) is 3.65. The van der Waals surface area contributed by atoms with Crippen LogP contribution in [0.1, 0.15) is 12.1 Å². The summed E-state index contributed by atoms with van der Waals surface area (Å²) in [6.07, 6.45) is 5.71. The third-order valence-corrected chi connectivity index (χ3v) is 4.05. The van der Waals surface area contributed by atoms with Crippen LogP contribution in [-0.2, 0) is 24.9 Å². The summed E-state index contributed by atoms with van der Waals surface area (Å²) in [5.41, 5.74) is 0.975. The SMILES string of the molecule is CN(Cc1c(Br)cnn1C)C(=O)CCn1cc(Br)cn1. The zero-order valence-corrected chi connectivity index (χ0v) is 14.4. The minimum absolute atomic E-state index is 0.0738. The Morgan fingerprint density at radius 3 is 2.65 bits per heavy atom. The molecule has 0 bridgehead atoms. The molecule has 6 nitrogen and oxygen atoms in total. The summed E-state index contributed by atoms with van der Waals surface area (Å²) in [4.78, 5) is 13.8. The van der Waals surface area contributed by atoms with E-state index < -0.39 is 0 Å². The van der Waals surface area contributed by atoms with Crippen LogP contribution in [0, 0.1) is 0 Å². The van der Waals surface area contributed by atoms with E-state index in [9.17, 15) is 4.79 Å². The molecule has 8 heteroatoms. The van der Waals surface area contributed by atoms with E-state index in [1.54, 1.807) is 33.7 Å². The van der Waals surface area contributed by atoms with Crippen LogP contribution >= 0.6 is 31.9 Å². The zero-order chi connectivity index (χ0) is 14.7. The molecule has 0 fully saturated rings. The lowest BCUT2D eigenvalue weighted by molar-refractivity contribution is -0.130. The van der Waals surface area contributed by atoms with Gasteiger partial charge in [-0.3, -0.25) is 14.2 Å². The Kier molecular flexibility index (Phi) is 4.98. The van der Waals surface area contributed by atoms with E-state index in [1.165, 1.54) is 0 Å². The third-order valence-electron chi connectivity index (χ3n) is 2.98. The smallest absolute Gasteiger partial charge is 0.224 e. The van der Waals surface area contributed by atoms with Gasteiger partial charge in [0, 0.05) is 33.3 Å². The largest absolute Gasteiger partial charge is 0.340 e. The van der Waals surface area contributed by atoms with Gasteiger partial charge in [0.05, 0.1) is 33.6 Å². The maximum atomic E-state index is 12.1. The van der Waals surface area contributed by atoms with Crippen molar-refractivity contribution >= 4 is 37.8 Å². The van der Waals surface area contributed by atoms with Crippen LogP contribution in [0.5, 0.6) is 0 Å². The fraction of sp³-hybridized carbons (Fsp3) is 0.417. The molecule has 0 saturated heterocycles. The van der Waals surface area contributed by atoms with Crippen molar-refractivity contribution in [3.63, 3.8) is 0 Å². The van der Waals surface area contributed by atoms with Gasteiger partial charge >= 0.3 is 0 Å². The Morgan fingerprint density at radius 2 is 2.10 bits per heavy atom. The van der Waals surface area contributed by atoms with Crippen molar-refractivity contribution in [2.24, 2.45) is 7.05 Å². The maximum Gasteiger partial charge on any atom is 0.224 e. The molecule has 2 aromatic heterocycles. The Balaban J connectivity index is 1.89. The first-order valence-corrected chi connectivity index (χ1v) is 7.64. The van der Waals surface area contributed by atoms with E-state index in [1.807, 2.05) is 13.2 Å². The van der Waals surface area contributed by atoms with Gasteiger partial charge in [-0.05, 0) is 31.9 Å². The molecule has 1 amide bonds. The molecular formula is C12H15Br2N5O. The first-order valence-electron chi connectivity index (χ1n) is 6.05. The number of aromatic nitrogens is 4. The lowest BCUT2D eigenvalue weighted by Crippen LogP contribution is -2.28. The van der Waals surface area contributed by atoms with Crippen molar-refractivity contribution in [3.8, 4) is 0 Å². The molecular weight excluding hydrogens is 390 g/mol. The van der Waals surface area contributed by atoms with E-state index in [-0.39, 0.29) is 5.91 Å². The molecule has 20 heavy (non-hydrogen) atoms. The van der Waals surface area contributed by atoms with Crippen LogP contribution in [0.2, 0.25) is 0 Å². The molecule has 0 saturated carbocycles. The standard InChI is InChI=1S/C12H15Br2N5O/c1-17(8-11-10(14)6-15-18(11)2)12(20)3-4-19-7-9(13)5-16-19/h5-7H,3-4,8H2,1-2H3. The Hall–Kier alpha value is -1.15. The van der Waals surface area contributed by atoms with Crippen molar-refractivity contribution in [1.82, 2.24) is 24.5 Å². The molecule has 2 heterocycles. The molecule has 0 aliphatic heterocycles. The topological polar surface area (TPSA) is 56.0 Å². The summed E-state index contributed by atoms with van der Waals surface area (Å²) in [6, 6.07) is 0. The van der Waals surface area contributed by atoms with Gasteiger partial charge in [-0.1, -0.05) is 0 Å². The van der Waals surface area contributed by atoms with Crippen molar-refractivity contribution in [3.05, 3.63) is 33.2 Å². The molecule has 0 N–H and O–H groups in total. The monoisotopic (exact) mass is 403 g/mol. The number of hydrogen-bond donors (Lipinski definition) is 0.